The lowest BCUT2D eigenvalue weighted by molar-refractivity contribution is 0.0682. The van der Waals surface area contributed by atoms with Crippen LogP contribution in [0.15, 0.2) is 72.8 Å². The zero-order valence-electron chi connectivity index (χ0n) is 28.7. The molecule has 0 bridgehead atoms. The van der Waals surface area contributed by atoms with E-state index >= 15 is 0 Å². The van der Waals surface area contributed by atoms with Crippen molar-refractivity contribution < 1.29 is 24.5 Å². The van der Waals surface area contributed by atoms with Crippen molar-refractivity contribution >= 4 is 22.8 Å². The number of hydrogen-bond acceptors (Lipinski definition) is 9. The van der Waals surface area contributed by atoms with Crippen LogP contribution in [0.4, 0.5) is 0 Å². The zero-order valence-corrected chi connectivity index (χ0v) is 28.7. The number of imidazole rings is 1. The summed E-state index contributed by atoms with van der Waals surface area (Å²) in [5.74, 6) is 0.111. The Morgan fingerprint density at radius 1 is 1.02 bits per heavy atom. The summed E-state index contributed by atoms with van der Waals surface area (Å²) in [6, 6.07) is 23.0. The fourth-order valence-electron chi connectivity index (χ4n) is 5.93. The quantitative estimate of drug-likeness (QED) is 0.0836. The van der Waals surface area contributed by atoms with E-state index in [0.717, 1.165) is 28.7 Å². The van der Waals surface area contributed by atoms with E-state index in [-0.39, 0.29) is 42.8 Å². The number of fused-ring (bicyclic) bond motifs is 1. The van der Waals surface area contributed by atoms with Crippen LogP contribution in [-0.4, -0.2) is 82.5 Å². The van der Waals surface area contributed by atoms with E-state index in [0.29, 0.717) is 41.3 Å². The van der Waals surface area contributed by atoms with Crippen molar-refractivity contribution in [3.05, 3.63) is 101 Å². The molecule has 1 unspecified atom stereocenters. The normalized spacial score (nSPS) is 12.0. The smallest absolute Gasteiger partial charge is 0.354 e. The average Bonchev–Trinajstić information content (AvgIpc) is 3.89. The van der Waals surface area contributed by atoms with Gasteiger partial charge in [-0.1, -0.05) is 75.4 Å². The molecule has 6 aromatic rings. The molecule has 264 valence electrons. The van der Waals surface area contributed by atoms with Crippen LogP contribution in [-0.2, 0) is 19.5 Å². The molecule has 3 heterocycles. The highest BCUT2D eigenvalue weighted by atomic mass is 16.5. The number of nitrogens with zero attached hydrogens (tertiary/aromatic N) is 5. The molecule has 0 saturated carbocycles. The van der Waals surface area contributed by atoms with Crippen molar-refractivity contribution in [2.45, 2.75) is 58.8 Å². The lowest BCUT2D eigenvalue weighted by atomic mass is 9.98. The number of nitrogens with one attached hydrogen (secondary N) is 4. The molecule has 0 aliphatic carbocycles. The van der Waals surface area contributed by atoms with Crippen molar-refractivity contribution in [1.29, 1.82) is 0 Å². The number of aromatic amines is 2. The van der Waals surface area contributed by atoms with Crippen LogP contribution in [0.1, 0.15) is 65.3 Å². The second kappa shape index (κ2) is 15.8. The van der Waals surface area contributed by atoms with Gasteiger partial charge in [-0.05, 0) is 46.5 Å². The number of ether oxygens (including phenoxy) is 1. The predicted octanol–water partition coefficient (Wildman–Crippen LogP) is 4.58. The second-order valence-electron chi connectivity index (χ2n) is 12.6. The summed E-state index contributed by atoms with van der Waals surface area (Å²) in [5.41, 5.74) is 4.90. The van der Waals surface area contributed by atoms with E-state index in [1.807, 2.05) is 75.4 Å². The first-order valence-electron chi connectivity index (χ1n) is 16.9. The van der Waals surface area contributed by atoms with Crippen molar-refractivity contribution in [1.82, 2.24) is 45.8 Å². The molecule has 1 amide bonds. The predicted molar refractivity (Wildman–Crippen MR) is 191 cm³/mol. The molecule has 0 radical (unpaired) electrons. The molecule has 3 aromatic heterocycles. The van der Waals surface area contributed by atoms with E-state index in [4.69, 9.17) is 9.72 Å². The number of benzene rings is 3. The van der Waals surface area contributed by atoms with Gasteiger partial charge < -0.3 is 35.1 Å². The van der Waals surface area contributed by atoms with Crippen LogP contribution < -0.4 is 15.4 Å². The Morgan fingerprint density at radius 2 is 1.80 bits per heavy atom. The van der Waals surface area contributed by atoms with Gasteiger partial charge in [0.1, 0.15) is 30.0 Å². The number of aliphatic hydroxyl groups is 1. The van der Waals surface area contributed by atoms with Crippen molar-refractivity contribution in [2.75, 3.05) is 13.2 Å². The van der Waals surface area contributed by atoms with Crippen LogP contribution >= 0.6 is 0 Å². The molecule has 1 atom stereocenters. The standard InChI is InChI=1S/C37H41N9O5/c1-4-8-33-41-31(19-39-36(48)30-17-28-29(40-30)11-7-12-32(28)51-21-25(47)18-38-22(2)3)34(37(49)50)46(33)20-23-13-15-24(16-14-23)26-9-5-6-10-27(26)35-42-44-45-43-35/h5-7,9-17,22,25,38,40,47H,4,8,18-21H2,1-3H3,(H,39,48)(H,49,50)(H,42,43,44,45). The van der Waals surface area contributed by atoms with Crippen LogP contribution in [0.3, 0.4) is 0 Å². The molecule has 0 aliphatic rings. The van der Waals surface area contributed by atoms with Gasteiger partial charge >= 0.3 is 5.97 Å². The maximum absolute atomic E-state index is 13.3. The minimum atomic E-state index is -1.13. The molecule has 0 aliphatic heterocycles. The van der Waals surface area contributed by atoms with Crippen LogP contribution in [0.5, 0.6) is 5.75 Å². The highest BCUT2D eigenvalue weighted by Crippen LogP contribution is 2.30. The molecule has 51 heavy (non-hydrogen) atoms. The van der Waals surface area contributed by atoms with Gasteiger partial charge in [0.05, 0.1) is 12.2 Å². The van der Waals surface area contributed by atoms with Crippen LogP contribution in [0.25, 0.3) is 33.4 Å². The van der Waals surface area contributed by atoms with Gasteiger partial charge in [0, 0.05) is 42.0 Å². The fourth-order valence-corrected chi connectivity index (χ4v) is 5.93. The maximum atomic E-state index is 13.3. The number of aliphatic hydroxyl groups excluding tert-OH is 1. The number of hydrogen-bond donors (Lipinski definition) is 6. The molecule has 6 N–H and O–H groups in total. The number of aryl methyl sites for hydroxylation is 1. The van der Waals surface area contributed by atoms with E-state index in [9.17, 15) is 19.8 Å². The Bertz CT molecular complexity index is 2100. The van der Waals surface area contributed by atoms with Gasteiger partial charge in [0.2, 0.25) is 5.82 Å². The SMILES string of the molecule is CCCc1nc(CNC(=O)c2cc3c(OCC(O)CNC(C)C)cccc3[nH]2)c(C(=O)O)n1Cc1ccc(-c2ccccc2-c2nn[nH]n2)cc1. The van der Waals surface area contributed by atoms with Gasteiger partial charge in [-0.25, -0.2) is 9.78 Å². The summed E-state index contributed by atoms with van der Waals surface area (Å²) in [5, 5.41) is 41.8. The van der Waals surface area contributed by atoms with E-state index in [1.54, 1.807) is 22.8 Å². The molecule has 3 aromatic carbocycles. The van der Waals surface area contributed by atoms with Gasteiger partial charge in [-0.2, -0.15) is 5.21 Å². The first kappa shape index (κ1) is 35.0. The number of carbonyl (C=O) groups excluding carboxylic acids is 1. The van der Waals surface area contributed by atoms with Crippen LogP contribution in [0.2, 0.25) is 0 Å². The van der Waals surface area contributed by atoms with E-state index in [1.165, 1.54) is 0 Å². The molecule has 0 saturated heterocycles. The van der Waals surface area contributed by atoms with Gasteiger partial charge in [0.25, 0.3) is 5.91 Å². The summed E-state index contributed by atoms with van der Waals surface area (Å²) < 4.78 is 7.60. The number of carbonyl (C=O) groups is 2. The highest BCUT2D eigenvalue weighted by molar-refractivity contribution is 5.99. The number of tetrazole rings is 1. The van der Waals surface area contributed by atoms with Crippen molar-refractivity contribution in [2.24, 2.45) is 0 Å². The molecular weight excluding hydrogens is 650 g/mol. The number of carboxylic acid groups (broad SMARTS) is 1. The third kappa shape index (κ3) is 8.14. The second-order valence-corrected chi connectivity index (χ2v) is 12.6. The van der Waals surface area contributed by atoms with E-state index < -0.39 is 18.0 Å². The summed E-state index contributed by atoms with van der Waals surface area (Å²) in [7, 11) is 0. The fraction of sp³-hybridized carbons (Fsp3) is 0.297. The van der Waals surface area contributed by atoms with Crippen molar-refractivity contribution in [3.63, 3.8) is 0 Å². The van der Waals surface area contributed by atoms with Crippen LogP contribution in [0, 0.1) is 0 Å². The number of aromatic nitrogens is 7. The Morgan fingerprint density at radius 3 is 2.51 bits per heavy atom. The third-order valence-electron chi connectivity index (χ3n) is 8.39. The Labute approximate surface area is 294 Å². The average molecular weight is 692 g/mol. The van der Waals surface area contributed by atoms with E-state index in [2.05, 4.69) is 36.2 Å². The number of amides is 1. The summed E-state index contributed by atoms with van der Waals surface area (Å²) in [6.07, 6.45) is 0.631. The number of aromatic carboxylic acids is 1. The summed E-state index contributed by atoms with van der Waals surface area (Å²) in [6.45, 7) is 6.71. The maximum Gasteiger partial charge on any atom is 0.354 e. The topological polar surface area (TPSA) is 196 Å². The summed E-state index contributed by atoms with van der Waals surface area (Å²) in [4.78, 5) is 33.8. The highest BCUT2D eigenvalue weighted by Gasteiger charge is 2.24. The van der Waals surface area contributed by atoms with Gasteiger partial charge in [-0.15, -0.1) is 10.2 Å². The molecule has 14 nitrogen and oxygen atoms in total. The minimum Gasteiger partial charge on any atom is -0.490 e. The molecule has 0 fully saturated rings. The van der Waals surface area contributed by atoms with Crippen molar-refractivity contribution in [3.8, 4) is 28.3 Å². The Kier molecular flexibility index (Phi) is 10.8. The molecule has 14 heteroatoms. The lowest BCUT2D eigenvalue weighted by Gasteiger charge is -2.15. The first-order valence-corrected chi connectivity index (χ1v) is 16.9. The Hall–Kier alpha value is -5.86. The molecule has 0 spiro atoms. The Balaban J connectivity index is 1.18. The number of H-pyrrole nitrogens is 2. The van der Waals surface area contributed by atoms with Gasteiger partial charge in [0.15, 0.2) is 5.69 Å². The molecule has 6 rings (SSSR count). The molecular formula is C37H41N9O5. The number of carboxylic acids is 1. The zero-order chi connectivity index (χ0) is 35.9. The monoisotopic (exact) mass is 691 g/mol. The van der Waals surface area contributed by atoms with Gasteiger partial charge in [-0.3, -0.25) is 4.79 Å². The lowest BCUT2D eigenvalue weighted by Crippen LogP contribution is -2.35. The number of rotatable bonds is 16. The summed E-state index contributed by atoms with van der Waals surface area (Å²) >= 11 is 0. The third-order valence-corrected chi connectivity index (χ3v) is 8.39. The minimum absolute atomic E-state index is 0.0307. The largest absolute Gasteiger partial charge is 0.490 e. The first-order chi connectivity index (χ1) is 24.7.